The Bertz CT molecular complexity index is 1040. The molecule has 1 aliphatic rings. The number of carbonyl (C=O) groups is 4. The highest BCUT2D eigenvalue weighted by atomic mass is 32.1. The number of hydrogen-bond donors (Lipinski definition) is 4. The SMILES string of the molecule is Cc1ccc2cc1OCCNC(=O)CN(C(=O)c1cscn1)CCNC(=O)[C@H]([C@@H](C)O)NC2=O. The zero-order valence-corrected chi connectivity index (χ0v) is 19.7. The van der Waals surface area contributed by atoms with Gasteiger partial charge in [0.15, 0.2) is 0 Å². The molecule has 4 N–H and O–H groups in total. The number of aryl methyl sites for hydroxylation is 1. The van der Waals surface area contributed by atoms with Crippen molar-refractivity contribution in [3.63, 3.8) is 0 Å². The second-order valence-electron chi connectivity index (χ2n) is 7.76. The Hall–Kier alpha value is -3.51. The number of thiazole rings is 1. The maximum Gasteiger partial charge on any atom is 0.273 e. The molecule has 0 aliphatic carbocycles. The number of ether oxygens (including phenoxy) is 1. The van der Waals surface area contributed by atoms with Crippen molar-refractivity contribution >= 4 is 35.0 Å². The Kier molecular flexibility index (Phi) is 8.55. The quantitative estimate of drug-likeness (QED) is 0.452. The highest BCUT2D eigenvalue weighted by Crippen LogP contribution is 2.20. The molecule has 0 spiro atoms. The minimum absolute atomic E-state index is 0.00112. The van der Waals surface area contributed by atoms with Gasteiger partial charge in [-0.1, -0.05) is 6.07 Å². The van der Waals surface area contributed by atoms with E-state index in [4.69, 9.17) is 4.74 Å². The number of hydrogen-bond acceptors (Lipinski definition) is 8. The summed E-state index contributed by atoms with van der Waals surface area (Å²) in [5.41, 5.74) is 2.75. The average Bonchev–Trinajstić information content (AvgIpc) is 3.34. The van der Waals surface area contributed by atoms with Gasteiger partial charge in [-0.15, -0.1) is 11.3 Å². The minimum Gasteiger partial charge on any atom is -0.491 e. The van der Waals surface area contributed by atoms with E-state index in [2.05, 4.69) is 20.9 Å². The van der Waals surface area contributed by atoms with Crippen LogP contribution in [-0.4, -0.2) is 83.6 Å². The molecule has 0 fully saturated rings. The topological polar surface area (TPSA) is 150 Å². The molecule has 0 unspecified atom stereocenters. The Balaban J connectivity index is 1.82. The van der Waals surface area contributed by atoms with Crippen LogP contribution in [0.3, 0.4) is 0 Å². The van der Waals surface area contributed by atoms with E-state index in [1.807, 2.05) is 6.92 Å². The summed E-state index contributed by atoms with van der Waals surface area (Å²) in [4.78, 5) is 55.9. The number of aliphatic hydroxyl groups is 1. The number of aliphatic hydroxyl groups excluding tert-OH is 1. The third-order valence-corrected chi connectivity index (χ3v) is 5.72. The van der Waals surface area contributed by atoms with Gasteiger partial charge in [-0.2, -0.15) is 0 Å². The van der Waals surface area contributed by atoms with Crippen LogP contribution < -0.4 is 20.7 Å². The molecular weight excluding hydrogens is 462 g/mol. The van der Waals surface area contributed by atoms with Gasteiger partial charge < -0.3 is 30.7 Å². The van der Waals surface area contributed by atoms with E-state index in [0.29, 0.717) is 5.75 Å². The maximum absolute atomic E-state index is 12.8. The number of fused-ring (bicyclic) bond motifs is 2. The Morgan fingerprint density at radius 3 is 2.76 bits per heavy atom. The van der Waals surface area contributed by atoms with Crippen molar-refractivity contribution in [3.05, 3.63) is 45.9 Å². The number of benzene rings is 1. The van der Waals surface area contributed by atoms with Crippen LogP contribution in [0, 0.1) is 6.92 Å². The van der Waals surface area contributed by atoms with Crippen LogP contribution in [-0.2, 0) is 9.59 Å². The summed E-state index contributed by atoms with van der Waals surface area (Å²) in [5.74, 6) is -1.57. The highest BCUT2D eigenvalue weighted by molar-refractivity contribution is 7.07. The first-order valence-electron chi connectivity index (χ1n) is 10.7. The van der Waals surface area contributed by atoms with Gasteiger partial charge in [0.1, 0.15) is 24.1 Å². The predicted molar refractivity (Wildman–Crippen MR) is 124 cm³/mol. The summed E-state index contributed by atoms with van der Waals surface area (Å²) in [5, 5.41) is 19.5. The van der Waals surface area contributed by atoms with E-state index < -0.39 is 35.8 Å². The zero-order valence-electron chi connectivity index (χ0n) is 18.9. The Morgan fingerprint density at radius 1 is 1.26 bits per heavy atom. The lowest BCUT2D eigenvalue weighted by Gasteiger charge is -2.24. The molecule has 2 atom stereocenters. The smallest absolute Gasteiger partial charge is 0.273 e. The van der Waals surface area contributed by atoms with E-state index in [-0.39, 0.29) is 44.0 Å². The molecule has 1 aromatic heterocycles. The van der Waals surface area contributed by atoms with Crippen molar-refractivity contribution < 1.29 is 29.0 Å². The fourth-order valence-corrected chi connectivity index (χ4v) is 3.79. The summed E-state index contributed by atoms with van der Waals surface area (Å²) in [6.45, 7) is 3.32. The van der Waals surface area contributed by atoms with Gasteiger partial charge in [0.05, 0.1) is 24.7 Å². The standard InChI is InChI=1S/C22H27N5O6S/c1-13-3-4-15-9-17(13)33-8-6-23-18(29)10-27(22(32)16-11-34-12-25-16)7-5-24-21(31)19(14(2)28)26-20(15)30/h3-4,9,11-12,14,19,28H,5-8,10H2,1-2H3,(H,23,29)(H,24,31)(H,26,30)/t14-,19+/m1/s1. The van der Waals surface area contributed by atoms with E-state index >= 15 is 0 Å². The third kappa shape index (κ3) is 6.51. The highest BCUT2D eigenvalue weighted by Gasteiger charge is 2.27. The summed E-state index contributed by atoms with van der Waals surface area (Å²) >= 11 is 1.25. The van der Waals surface area contributed by atoms with Crippen molar-refractivity contribution in [1.29, 1.82) is 0 Å². The second-order valence-corrected chi connectivity index (χ2v) is 8.48. The average molecular weight is 490 g/mol. The molecule has 11 nitrogen and oxygen atoms in total. The fourth-order valence-electron chi connectivity index (χ4n) is 3.26. The van der Waals surface area contributed by atoms with E-state index in [0.717, 1.165) is 5.56 Å². The van der Waals surface area contributed by atoms with Crippen molar-refractivity contribution in [1.82, 2.24) is 25.8 Å². The normalized spacial score (nSPS) is 19.2. The van der Waals surface area contributed by atoms with Crippen LogP contribution in [0.1, 0.15) is 33.3 Å². The molecule has 3 rings (SSSR count). The molecule has 2 bridgehead atoms. The van der Waals surface area contributed by atoms with Crippen molar-refractivity contribution in [2.75, 3.05) is 32.8 Å². The lowest BCUT2D eigenvalue weighted by molar-refractivity contribution is -0.125. The molecule has 0 saturated carbocycles. The van der Waals surface area contributed by atoms with Gasteiger partial charge in [-0.05, 0) is 31.5 Å². The molecule has 0 radical (unpaired) electrons. The molecule has 2 heterocycles. The lowest BCUT2D eigenvalue weighted by atomic mass is 10.1. The molecule has 0 saturated heterocycles. The van der Waals surface area contributed by atoms with Crippen molar-refractivity contribution in [2.24, 2.45) is 0 Å². The molecule has 34 heavy (non-hydrogen) atoms. The van der Waals surface area contributed by atoms with Crippen LogP contribution in [0.5, 0.6) is 5.75 Å². The van der Waals surface area contributed by atoms with Crippen LogP contribution in [0.15, 0.2) is 29.1 Å². The van der Waals surface area contributed by atoms with Crippen LogP contribution >= 0.6 is 11.3 Å². The van der Waals surface area contributed by atoms with E-state index in [9.17, 15) is 24.3 Å². The second kappa shape index (κ2) is 11.6. The Morgan fingerprint density at radius 2 is 2.06 bits per heavy atom. The first-order chi connectivity index (χ1) is 16.3. The van der Waals surface area contributed by atoms with Crippen LogP contribution in [0.25, 0.3) is 0 Å². The number of rotatable bonds is 2. The molecule has 1 aromatic carbocycles. The first-order valence-corrected chi connectivity index (χ1v) is 11.6. The van der Waals surface area contributed by atoms with E-state index in [1.54, 1.807) is 17.5 Å². The minimum atomic E-state index is -1.22. The van der Waals surface area contributed by atoms with Gasteiger partial charge in [-0.25, -0.2) is 4.98 Å². The van der Waals surface area contributed by atoms with E-state index in [1.165, 1.54) is 34.7 Å². The van der Waals surface area contributed by atoms with Crippen LogP contribution in [0.4, 0.5) is 0 Å². The number of carbonyl (C=O) groups excluding carboxylic acids is 4. The van der Waals surface area contributed by atoms with Gasteiger partial charge in [0.2, 0.25) is 11.8 Å². The molecule has 1 aliphatic heterocycles. The number of nitrogens with zero attached hydrogens (tertiary/aromatic N) is 2. The largest absolute Gasteiger partial charge is 0.491 e. The number of amides is 4. The summed E-state index contributed by atoms with van der Waals surface area (Å²) in [6.07, 6.45) is -1.18. The number of aromatic nitrogens is 1. The van der Waals surface area contributed by atoms with Gasteiger partial charge in [-0.3, -0.25) is 19.2 Å². The predicted octanol–water partition coefficient (Wildman–Crippen LogP) is -0.302. The lowest BCUT2D eigenvalue weighted by Crippen LogP contribution is -2.53. The van der Waals surface area contributed by atoms with Gasteiger partial charge in [0, 0.05) is 24.0 Å². The summed E-state index contributed by atoms with van der Waals surface area (Å²) in [7, 11) is 0. The summed E-state index contributed by atoms with van der Waals surface area (Å²) < 4.78 is 5.72. The molecule has 12 heteroatoms. The Labute approximate surface area is 200 Å². The fraction of sp³-hybridized carbons (Fsp3) is 0.409. The molecule has 2 aromatic rings. The molecule has 182 valence electrons. The maximum atomic E-state index is 12.8. The van der Waals surface area contributed by atoms with Crippen molar-refractivity contribution in [3.8, 4) is 5.75 Å². The first kappa shape index (κ1) is 25.1. The third-order valence-electron chi connectivity index (χ3n) is 5.14. The number of nitrogens with one attached hydrogen (secondary N) is 3. The molecule has 4 amide bonds. The van der Waals surface area contributed by atoms with Crippen LogP contribution in [0.2, 0.25) is 0 Å². The molecular formula is C22H27N5O6S. The zero-order chi connectivity index (χ0) is 24.7. The van der Waals surface area contributed by atoms with Crippen molar-refractivity contribution in [2.45, 2.75) is 26.0 Å². The van der Waals surface area contributed by atoms with Gasteiger partial charge >= 0.3 is 0 Å². The monoisotopic (exact) mass is 489 g/mol. The van der Waals surface area contributed by atoms with Gasteiger partial charge in [0.25, 0.3) is 11.8 Å². The summed E-state index contributed by atoms with van der Waals surface area (Å²) in [6, 6.07) is 3.61.